The van der Waals surface area contributed by atoms with Crippen molar-refractivity contribution in [2.45, 2.75) is 312 Å². The van der Waals surface area contributed by atoms with Crippen LogP contribution < -0.4 is 0 Å². The zero-order chi connectivity index (χ0) is 94.1. The van der Waals surface area contributed by atoms with Crippen molar-refractivity contribution in [2.75, 3.05) is 64.4 Å². The first-order valence-electron chi connectivity index (χ1n) is 51.8. The molecule has 0 aromatic heterocycles. The van der Waals surface area contributed by atoms with Crippen molar-refractivity contribution in [1.29, 1.82) is 0 Å². The molecular weight excluding hydrogens is 1780 g/mol. The second-order valence-electron chi connectivity index (χ2n) is 48.8. The van der Waals surface area contributed by atoms with E-state index in [1.54, 1.807) is 0 Å². The largest absolute Gasteiger partial charge is 0.464 e. The van der Waals surface area contributed by atoms with E-state index in [0.717, 1.165) is 116 Å². The Bertz CT molecular complexity index is 4790. The highest BCUT2D eigenvalue weighted by molar-refractivity contribution is 7.97. The lowest BCUT2D eigenvalue weighted by molar-refractivity contribution is -0.397. The van der Waals surface area contributed by atoms with Crippen LogP contribution in [0.25, 0.3) is 0 Å². The summed E-state index contributed by atoms with van der Waals surface area (Å²) in [6.45, 7) is 9.93. The molecule has 25 heteroatoms. The number of rotatable bonds is 20. The van der Waals surface area contributed by atoms with Crippen LogP contribution in [-0.2, 0) is 118 Å². The molecule has 31 rings (SSSR count). The fraction of sp³-hybridized carbons (Fsp3) is 0.712. The first kappa shape index (κ1) is 94.2. The van der Waals surface area contributed by atoms with Gasteiger partial charge in [0.15, 0.2) is 31.2 Å². The summed E-state index contributed by atoms with van der Waals surface area (Å²) in [6, 6.07) is 41.4. The summed E-state index contributed by atoms with van der Waals surface area (Å²) in [4.78, 5) is 112. The van der Waals surface area contributed by atoms with Gasteiger partial charge in [0.25, 0.3) is 0 Å². The molecule has 0 radical (unpaired) electrons. The SMILES string of the molecule is CC(C)(C)c1ccc([S+]2CCOCC2)cc1.CC(F)(F)C(=O)OC12CC3CC(C1)C1(OC(COC(=O)C45CC6CC(CC(C6)C4)C5)C(COC(=O)C45CC6CC(CC(C6)C4)C5)O1)C(C3)C2.CC(F)(F)C(=O)OC12CC3CC(C1)C1(OCC(COC(=O)C45CC6CC(C4)C(=O)C(C6)C5)(COC(=O)C45CC6CC(C4)C(=O)C(C6)C5)CO1)C(C3)C2.c1ccc([S+](c2ccccc2)c2ccccc2)cc1. The molecule has 24 saturated carbocycles. The van der Waals surface area contributed by atoms with Crippen LogP contribution in [0.3, 0.4) is 0 Å². The van der Waals surface area contributed by atoms with E-state index < -0.39 is 85.8 Å². The van der Waals surface area contributed by atoms with Crippen LogP contribution in [0.4, 0.5) is 17.6 Å². The van der Waals surface area contributed by atoms with Gasteiger partial charge in [-0.25, -0.2) is 9.59 Å². The second kappa shape index (κ2) is 35.4. The van der Waals surface area contributed by atoms with Crippen molar-refractivity contribution in [3.8, 4) is 0 Å². The van der Waals surface area contributed by atoms with Gasteiger partial charge in [-0.05, 0) is 324 Å². The number of carbonyl (C=O) groups is 8. The number of carbonyl (C=O) groups excluding carboxylic acids is 8. The summed E-state index contributed by atoms with van der Waals surface area (Å²) in [5, 5.41) is 0. The van der Waals surface area contributed by atoms with Crippen molar-refractivity contribution in [3.05, 3.63) is 121 Å². The van der Waals surface area contributed by atoms with Crippen LogP contribution in [0.15, 0.2) is 135 Å². The summed E-state index contributed by atoms with van der Waals surface area (Å²) in [7, 11) is 0.417. The molecule has 10 unspecified atom stereocenters. The van der Waals surface area contributed by atoms with Crippen LogP contribution in [0.2, 0.25) is 0 Å². The number of hydrogen-bond acceptors (Lipinski definition) is 19. The number of esters is 6. The first-order valence-corrected chi connectivity index (χ1v) is 54.6. The summed E-state index contributed by atoms with van der Waals surface area (Å²) < 4.78 is 125. The van der Waals surface area contributed by atoms with Gasteiger partial charge in [0.2, 0.25) is 0 Å². The Kier molecular flexibility index (Phi) is 24.5. The van der Waals surface area contributed by atoms with Crippen molar-refractivity contribution in [1.82, 2.24) is 0 Å². The molecule has 3 saturated heterocycles. The molecular formula is C111H138F4O19S2+2. The minimum Gasteiger partial charge on any atom is -0.464 e. The van der Waals surface area contributed by atoms with Gasteiger partial charge in [-0.2, -0.15) is 17.6 Å². The van der Waals surface area contributed by atoms with E-state index in [2.05, 4.69) is 136 Å². The predicted octanol–water partition coefficient (Wildman–Crippen LogP) is 19.9. The zero-order valence-corrected chi connectivity index (χ0v) is 81.4. The normalized spacial score (nSPS) is 42.0. The van der Waals surface area contributed by atoms with E-state index in [4.69, 9.17) is 52.1 Å². The second-order valence-corrected chi connectivity index (χ2v) is 53.1. The van der Waals surface area contributed by atoms with Gasteiger partial charge in [0, 0.05) is 72.1 Å². The van der Waals surface area contributed by atoms with E-state index in [1.165, 1.54) is 75.2 Å². The quantitative estimate of drug-likeness (QED) is 0.0346. The number of ketones is 2. The Hall–Kier alpha value is -6.74. The topological polar surface area (TPSA) is 238 Å². The molecule has 4 aromatic carbocycles. The maximum Gasteiger partial charge on any atom is 0.377 e. The van der Waals surface area contributed by atoms with Crippen LogP contribution in [-0.4, -0.2) is 159 Å². The van der Waals surface area contributed by atoms with E-state index in [0.29, 0.717) is 148 Å². The highest BCUT2D eigenvalue weighted by Gasteiger charge is 2.73. The van der Waals surface area contributed by atoms with Gasteiger partial charge < -0.3 is 52.1 Å². The Morgan fingerprint density at radius 2 is 0.684 bits per heavy atom. The van der Waals surface area contributed by atoms with Crippen LogP contribution in [0.5, 0.6) is 0 Å². The molecule has 19 nitrogen and oxygen atoms in total. The lowest BCUT2D eigenvalue weighted by Gasteiger charge is -2.65. The summed E-state index contributed by atoms with van der Waals surface area (Å²) in [6.07, 6.45) is 24.5. The van der Waals surface area contributed by atoms with E-state index in [1.807, 2.05) is 0 Å². The van der Waals surface area contributed by atoms with Crippen molar-refractivity contribution >= 4 is 69.2 Å². The molecule has 4 aromatic rings. The fourth-order valence-electron chi connectivity index (χ4n) is 33.2. The van der Waals surface area contributed by atoms with E-state index in [-0.39, 0.29) is 139 Å². The van der Waals surface area contributed by atoms with Crippen LogP contribution in [0.1, 0.15) is 246 Å². The molecule has 734 valence electrons. The van der Waals surface area contributed by atoms with Crippen molar-refractivity contribution in [2.24, 2.45) is 134 Å². The molecule has 0 N–H and O–H groups in total. The minimum atomic E-state index is -3.58. The standard InChI is InChI=1S/C40H50F2O10.C39H52F2O8.C18H15S.C14H21OS/c1-35(41,42)32(45)52-39-10-23-6-28(15-39)40(29(7-23)16-39)50-19-36(20-51-40,17-48-33(46)37-8-21-2-24(11-37)30(43)25(3-21)12-37)18-49-34(47)38-9-22-4-26(13-38)31(44)27(5-22)14-38;1-35(40,41)32(42)49-38-16-27-8-28(17-38)39(29(9-27)18-38)47-30(19-45-33(43)36-10-21-2-22(11-36)4-23(3-21)12-36)31(48-39)20-46-34(44)37-13-24-5-25(14-37)7-26(6-24)15-37;1-4-10-16(11-5-1)19(17-12-6-2-7-13-17)18-14-8-3-9-15-18;1-14(2,3)12-4-6-13(7-5-12)16-10-8-15-9-11-16/h21-29H,2-20H2,1H3;21-31H,2-20H2,1H3;1-15H;4-7H,8-11H2,1-3H3/q;;2*+1. The summed E-state index contributed by atoms with van der Waals surface area (Å²) in [5.74, 6) is -6.07. The highest BCUT2D eigenvalue weighted by atomic mass is 32.2. The number of alkyl halides is 4. The average Bonchev–Trinajstić information content (AvgIpc) is 1.30. The number of halogens is 4. The van der Waals surface area contributed by atoms with Crippen molar-refractivity contribution in [3.63, 3.8) is 0 Å². The third-order valence-electron chi connectivity index (χ3n) is 37.7. The lowest BCUT2D eigenvalue weighted by atomic mass is 9.49. The molecule has 0 amide bonds. The monoisotopic (exact) mass is 1910 g/mol. The fourth-order valence-corrected chi connectivity index (χ4v) is 37.2. The van der Waals surface area contributed by atoms with Gasteiger partial charge in [-0.15, -0.1) is 0 Å². The van der Waals surface area contributed by atoms with E-state index in [9.17, 15) is 55.9 Å². The molecule has 24 aliphatic carbocycles. The van der Waals surface area contributed by atoms with Gasteiger partial charge in [-0.3, -0.25) is 28.8 Å². The smallest absolute Gasteiger partial charge is 0.377 e. The Morgan fingerprint density at radius 3 is 1.01 bits per heavy atom. The van der Waals surface area contributed by atoms with Gasteiger partial charge in [-0.1, -0.05) is 87.5 Å². The summed E-state index contributed by atoms with van der Waals surface area (Å²) in [5.41, 5.74) is -3.36. The predicted molar refractivity (Wildman–Crippen MR) is 495 cm³/mol. The molecule has 27 aliphatic rings. The van der Waals surface area contributed by atoms with Crippen LogP contribution in [0, 0.1) is 134 Å². The molecule has 3 aliphatic heterocycles. The lowest BCUT2D eigenvalue weighted by Crippen LogP contribution is -2.69. The maximum atomic E-state index is 14.0. The summed E-state index contributed by atoms with van der Waals surface area (Å²) >= 11 is 0. The van der Waals surface area contributed by atoms with Gasteiger partial charge >= 0.3 is 47.7 Å². The molecule has 3 heterocycles. The highest BCUT2D eigenvalue weighted by Crippen LogP contribution is 2.70. The Balaban J connectivity index is 0.000000117. The molecule has 27 fully saturated rings. The van der Waals surface area contributed by atoms with Gasteiger partial charge in [0.1, 0.15) is 72.9 Å². The third kappa shape index (κ3) is 17.6. The number of benzene rings is 4. The van der Waals surface area contributed by atoms with Gasteiger partial charge in [0.05, 0.1) is 64.4 Å². The van der Waals surface area contributed by atoms with E-state index >= 15 is 0 Å². The molecule has 10 atom stereocenters. The molecule has 24 bridgehead atoms. The number of Topliss-reactive ketones (excluding diaryl/α,β-unsaturated/α-hetero) is 2. The minimum absolute atomic E-state index is 0.0146. The molecule has 2 spiro atoms. The number of hydrogen-bond donors (Lipinski definition) is 0. The maximum absolute atomic E-state index is 14.0. The average molecular weight is 1920 g/mol. The third-order valence-corrected chi connectivity index (χ3v) is 42.2. The van der Waals surface area contributed by atoms with Crippen LogP contribution >= 0.6 is 0 Å². The first-order chi connectivity index (χ1) is 65.0. The Morgan fingerprint density at radius 1 is 0.375 bits per heavy atom. The van der Waals surface area contributed by atoms with Crippen molar-refractivity contribution < 1.29 is 108 Å². The Labute approximate surface area is 803 Å². The molecule has 136 heavy (non-hydrogen) atoms. The number of ether oxygens (including phenoxy) is 11. The zero-order valence-electron chi connectivity index (χ0n) is 79.8.